The first-order valence-corrected chi connectivity index (χ1v) is 6.54. The number of hydrogen-bond donors (Lipinski definition) is 3. The fourth-order valence-corrected chi connectivity index (χ4v) is 1.97. The Morgan fingerprint density at radius 1 is 1.42 bits per heavy atom. The number of rotatable bonds is 4. The molecule has 7 heteroatoms. The first-order valence-electron chi connectivity index (χ1n) is 5.76. The van der Waals surface area contributed by atoms with Crippen molar-refractivity contribution in [3.05, 3.63) is 30.3 Å². The third-order valence-electron chi connectivity index (χ3n) is 2.33. The minimum atomic E-state index is -0.405. The van der Waals surface area contributed by atoms with E-state index in [1.807, 2.05) is 30.3 Å². The number of amides is 2. The summed E-state index contributed by atoms with van der Waals surface area (Å²) in [6.45, 7) is 1.59. The van der Waals surface area contributed by atoms with Gasteiger partial charge in [-0.3, -0.25) is 5.32 Å². The van der Waals surface area contributed by atoms with Crippen LogP contribution < -0.4 is 10.6 Å². The van der Waals surface area contributed by atoms with Crippen LogP contribution in [0.15, 0.2) is 30.3 Å². The van der Waals surface area contributed by atoms with Crippen LogP contribution in [-0.2, 0) is 0 Å². The van der Waals surface area contributed by atoms with Crippen molar-refractivity contribution in [3.63, 3.8) is 0 Å². The number of nitrogens with zero attached hydrogens (tertiary/aromatic N) is 2. The summed E-state index contributed by atoms with van der Waals surface area (Å²) in [6.07, 6.45) is 0. The Morgan fingerprint density at radius 3 is 2.84 bits per heavy atom. The quantitative estimate of drug-likeness (QED) is 0.794. The van der Waals surface area contributed by atoms with Crippen LogP contribution in [0.25, 0.3) is 11.4 Å². The first kappa shape index (κ1) is 13.4. The smallest absolute Gasteiger partial charge is 0.321 e. The zero-order valence-corrected chi connectivity index (χ0v) is 11.1. The van der Waals surface area contributed by atoms with Gasteiger partial charge in [0.05, 0.1) is 12.6 Å². The summed E-state index contributed by atoms with van der Waals surface area (Å²) in [5, 5.41) is 14.4. The summed E-state index contributed by atoms with van der Waals surface area (Å²) in [6, 6.07) is 8.81. The van der Waals surface area contributed by atoms with Gasteiger partial charge in [-0.2, -0.15) is 9.36 Å². The zero-order valence-electron chi connectivity index (χ0n) is 10.3. The highest BCUT2D eigenvalue weighted by Crippen LogP contribution is 2.20. The molecule has 0 saturated heterocycles. The monoisotopic (exact) mass is 278 g/mol. The van der Waals surface area contributed by atoms with Crippen LogP contribution in [0.1, 0.15) is 6.92 Å². The van der Waals surface area contributed by atoms with Crippen molar-refractivity contribution in [3.8, 4) is 11.4 Å². The third-order valence-corrected chi connectivity index (χ3v) is 2.96. The highest BCUT2D eigenvalue weighted by atomic mass is 32.1. The lowest BCUT2D eigenvalue weighted by Crippen LogP contribution is -2.38. The fourth-order valence-electron chi connectivity index (χ4n) is 1.38. The number of aliphatic hydroxyl groups is 1. The van der Waals surface area contributed by atoms with Crippen molar-refractivity contribution in [1.82, 2.24) is 14.7 Å². The normalized spacial score (nSPS) is 11.9. The Bertz CT molecular complexity index is 544. The lowest BCUT2D eigenvalue weighted by molar-refractivity contribution is 0.229. The van der Waals surface area contributed by atoms with Gasteiger partial charge in [0.2, 0.25) is 5.13 Å². The summed E-state index contributed by atoms with van der Waals surface area (Å²) < 4.78 is 4.18. The number of urea groups is 1. The lowest BCUT2D eigenvalue weighted by atomic mass is 10.2. The highest BCUT2D eigenvalue weighted by Gasteiger charge is 2.10. The molecule has 1 heterocycles. The highest BCUT2D eigenvalue weighted by molar-refractivity contribution is 7.10. The maximum absolute atomic E-state index is 11.5. The molecule has 0 aliphatic heterocycles. The van der Waals surface area contributed by atoms with E-state index in [4.69, 9.17) is 5.11 Å². The summed E-state index contributed by atoms with van der Waals surface area (Å²) in [4.78, 5) is 15.8. The molecule has 0 fully saturated rings. The summed E-state index contributed by atoms with van der Waals surface area (Å²) >= 11 is 1.11. The van der Waals surface area contributed by atoms with Gasteiger partial charge < -0.3 is 10.4 Å². The molecule has 1 atom stereocenters. The predicted octanol–water partition coefficient (Wildman–Crippen LogP) is 1.71. The fraction of sp³-hybridized carbons (Fsp3) is 0.250. The van der Waals surface area contributed by atoms with Crippen LogP contribution in [0.5, 0.6) is 0 Å². The molecule has 0 unspecified atom stereocenters. The largest absolute Gasteiger partial charge is 0.394 e. The van der Waals surface area contributed by atoms with E-state index in [9.17, 15) is 4.79 Å². The standard InChI is InChI=1S/C12H14N4O2S/c1-8(7-17)13-11(18)15-12-14-10(16-19-12)9-5-3-2-4-6-9/h2-6,8,17H,7H2,1H3,(H2,13,14,15,16,18)/t8-/m1/s1. The lowest BCUT2D eigenvalue weighted by Gasteiger charge is -2.09. The topological polar surface area (TPSA) is 87.1 Å². The number of anilines is 1. The Hall–Kier alpha value is -1.99. The van der Waals surface area contributed by atoms with E-state index in [-0.39, 0.29) is 12.6 Å². The van der Waals surface area contributed by atoms with Gasteiger partial charge in [0.15, 0.2) is 5.82 Å². The molecular weight excluding hydrogens is 264 g/mol. The van der Waals surface area contributed by atoms with E-state index in [1.165, 1.54) is 0 Å². The molecule has 1 aromatic heterocycles. The van der Waals surface area contributed by atoms with Crippen molar-refractivity contribution < 1.29 is 9.90 Å². The van der Waals surface area contributed by atoms with Gasteiger partial charge in [-0.15, -0.1) is 0 Å². The number of aromatic nitrogens is 2. The number of benzene rings is 1. The van der Waals surface area contributed by atoms with Gasteiger partial charge in [0.1, 0.15) is 0 Å². The Morgan fingerprint density at radius 2 is 2.16 bits per heavy atom. The third kappa shape index (κ3) is 3.73. The van der Waals surface area contributed by atoms with Crippen molar-refractivity contribution in [1.29, 1.82) is 0 Å². The minimum absolute atomic E-state index is 0.112. The van der Waals surface area contributed by atoms with E-state index >= 15 is 0 Å². The van der Waals surface area contributed by atoms with E-state index in [0.29, 0.717) is 11.0 Å². The molecule has 2 aromatic rings. The van der Waals surface area contributed by atoms with Crippen molar-refractivity contribution in [2.75, 3.05) is 11.9 Å². The molecule has 19 heavy (non-hydrogen) atoms. The second-order valence-electron chi connectivity index (χ2n) is 3.97. The summed E-state index contributed by atoms with van der Waals surface area (Å²) in [7, 11) is 0. The average molecular weight is 278 g/mol. The van der Waals surface area contributed by atoms with Gasteiger partial charge >= 0.3 is 6.03 Å². The molecule has 0 radical (unpaired) electrons. The molecule has 0 spiro atoms. The van der Waals surface area contributed by atoms with E-state index in [2.05, 4.69) is 20.0 Å². The zero-order chi connectivity index (χ0) is 13.7. The molecule has 2 rings (SSSR count). The van der Waals surface area contributed by atoms with Crippen molar-refractivity contribution >= 4 is 22.7 Å². The van der Waals surface area contributed by atoms with Crippen LogP contribution in [-0.4, -0.2) is 33.1 Å². The molecule has 100 valence electrons. The number of carbonyl (C=O) groups is 1. The van der Waals surface area contributed by atoms with E-state index in [1.54, 1.807) is 6.92 Å². The molecule has 1 aromatic carbocycles. The molecular formula is C12H14N4O2S. The Labute approximate surface area is 114 Å². The SMILES string of the molecule is C[C@H](CO)NC(=O)Nc1nc(-c2ccccc2)ns1. The number of carbonyl (C=O) groups excluding carboxylic acids is 1. The van der Waals surface area contributed by atoms with E-state index in [0.717, 1.165) is 17.1 Å². The van der Waals surface area contributed by atoms with Gasteiger partial charge in [-0.25, -0.2) is 4.79 Å². The summed E-state index contributed by atoms with van der Waals surface area (Å²) in [5.41, 5.74) is 0.899. The van der Waals surface area contributed by atoms with Crippen molar-refractivity contribution in [2.24, 2.45) is 0 Å². The molecule has 3 N–H and O–H groups in total. The first-order chi connectivity index (χ1) is 9.19. The van der Waals surface area contributed by atoms with Crippen LogP contribution in [0.3, 0.4) is 0 Å². The average Bonchev–Trinajstić information content (AvgIpc) is 2.88. The van der Waals surface area contributed by atoms with Crippen LogP contribution in [0, 0.1) is 0 Å². The molecule has 0 saturated carbocycles. The molecule has 0 bridgehead atoms. The van der Waals surface area contributed by atoms with Gasteiger partial charge in [0, 0.05) is 17.1 Å². The maximum Gasteiger partial charge on any atom is 0.321 e. The van der Waals surface area contributed by atoms with Gasteiger partial charge in [-0.1, -0.05) is 30.3 Å². The molecule has 2 amide bonds. The maximum atomic E-state index is 11.5. The predicted molar refractivity (Wildman–Crippen MR) is 74.0 cm³/mol. The van der Waals surface area contributed by atoms with E-state index < -0.39 is 6.03 Å². The van der Waals surface area contributed by atoms with Crippen LogP contribution >= 0.6 is 11.5 Å². The number of nitrogens with one attached hydrogen (secondary N) is 2. The van der Waals surface area contributed by atoms with Crippen molar-refractivity contribution in [2.45, 2.75) is 13.0 Å². The molecule has 0 aliphatic rings. The Balaban J connectivity index is 2.00. The molecule has 0 aliphatic carbocycles. The van der Waals surface area contributed by atoms with Gasteiger partial charge in [0.25, 0.3) is 0 Å². The second kappa shape index (κ2) is 6.26. The summed E-state index contributed by atoms with van der Waals surface area (Å²) in [5.74, 6) is 0.580. The minimum Gasteiger partial charge on any atom is -0.394 e. The van der Waals surface area contributed by atoms with Crippen LogP contribution in [0.4, 0.5) is 9.93 Å². The number of aliphatic hydroxyl groups excluding tert-OH is 1. The van der Waals surface area contributed by atoms with Crippen LogP contribution in [0.2, 0.25) is 0 Å². The van der Waals surface area contributed by atoms with Gasteiger partial charge in [-0.05, 0) is 6.92 Å². The second-order valence-corrected chi connectivity index (χ2v) is 4.72. The molecule has 6 nitrogen and oxygen atoms in total. The Kier molecular flexibility index (Phi) is 4.43. The number of hydrogen-bond acceptors (Lipinski definition) is 5.